The van der Waals surface area contributed by atoms with Crippen molar-refractivity contribution in [3.05, 3.63) is 12.7 Å². The third kappa shape index (κ3) is 4.86. The molecule has 2 N–H and O–H groups in total. The number of carbonyl (C=O) groups is 1. The van der Waals surface area contributed by atoms with Crippen molar-refractivity contribution in [3.8, 4) is 0 Å². The van der Waals surface area contributed by atoms with Gasteiger partial charge in [-0.1, -0.05) is 13.5 Å². The van der Waals surface area contributed by atoms with Crippen molar-refractivity contribution < 1.29 is 13.2 Å². The molecule has 70 valence electrons. The summed E-state index contributed by atoms with van der Waals surface area (Å²) in [5.74, 6) is -0.737. The van der Waals surface area contributed by atoms with Gasteiger partial charge in [-0.05, 0) is 12.5 Å². The molecule has 0 fully saturated rings. The third-order valence-corrected chi connectivity index (χ3v) is 2.02. The van der Waals surface area contributed by atoms with E-state index in [4.69, 9.17) is 0 Å². The Hall–Kier alpha value is -0.880. The Balaban J connectivity index is 4.05. The highest BCUT2D eigenvalue weighted by Gasteiger charge is 2.09. The van der Waals surface area contributed by atoms with Crippen LogP contribution in [-0.4, -0.2) is 20.9 Å². The van der Waals surface area contributed by atoms with Crippen molar-refractivity contribution in [2.45, 2.75) is 13.3 Å². The minimum Gasteiger partial charge on any atom is -0.269 e. The molecule has 0 bridgehead atoms. The summed E-state index contributed by atoms with van der Waals surface area (Å²) in [4.78, 5) is 10.5. The molecule has 5 nitrogen and oxygen atoms in total. The second-order valence-corrected chi connectivity index (χ2v) is 3.57. The van der Waals surface area contributed by atoms with E-state index in [2.05, 4.69) is 11.3 Å². The second-order valence-electron chi connectivity index (χ2n) is 2.07. The minimum absolute atomic E-state index is 0.305. The molecule has 0 rings (SSSR count). The Morgan fingerprint density at radius 2 is 2.17 bits per heavy atom. The largest absolute Gasteiger partial charge is 0.301 e. The fraction of sp³-hybridized carbons (Fsp3) is 0.500. The minimum atomic E-state index is -3.68. The lowest BCUT2D eigenvalue weighted by Gasteiger charge is -2.04. The van der Waals surface area contributed by atoms with E-state index in [1.807, 2.05) is 6.92 Å². The zero-order valence-corrected chi connectivity index (χ0v) is 7.65. The standard InChI is InChI=1S/C6H12N2O3S/c1-3-5-7-12(10,11)8-6(9)4-2/h4,7H,2-3,5H2,1H3,(H,8,9). The summed E-state index contributed by atoms with van der Waals surface area (Å²) in [7, 11) is -3.68. The molecule has 1 amide bonds. The van der Waals surface area contributed by atoms with Crippen molar-refractivity contribution in [2.75, 3.05) is 6.54 Å². The van der Waals surface area contributed by atoms with Crippen LogP contribution in [0.4, 0.5) is 0 Å². The van der Waals surface area contributed by atoms with Gasteiger partial charge in [0.15, 0.2) is 0 Å². The third-order valence-electron chi connectivity index (χ3n) is 0.962. The first kappa shape index (κ1) is 11.1. The van der Waals surface area contributed by atoms with Crippen LogP contribution in [0.3, 0.4) is 0 Å². The molecule has 0 aliphatic heterocycles. The first-order valence-corrected chi connectivity index (χ1v) is 4.94. The lowest BCUT2D eigenvalue weighted by molar-refractivity contribution is -0.114. The van der Waals surface area contributed by atoms with Crippen LogP contribution in [-0.2, 0) is 15.0 Å². The quantitative estimate of drug-likeness (QED) is 0.578. The molecule has 0 saturated carbocycles. The Labute approximate surface area is 72.0 Å². The maximum Gasteiger partial charge on any atom is 0.301 e. The van der Waals surface area contributed by atoms with E-state index < -0.39 is 16.1 Å². The SMILES string of the molecule is C=CC(=O)NS(=O)(=O)NCCC. The van der Waals surface area contributed by atoms with E-state index >= 15 is 0 Å². The molecule has 0 aliphatic carbocycles. The maximum atomic E-state index is 10.9. The monoisotopic (exact) mass is 192 g/mol. The van der Waals surface area contributed by atoms with Gasteiger partial charge >= 0.3 is 10.2 Å². The van der Waals surface area contributed by atoms with Crippen molar-refractivity contribution in [1.29, 1.82) is 0 Å². The number of hydrogen-bond acceptors (Lipinski definition) is 3. The van der Waals surface area contributed by atoms with Gasteiger partial charge in [0.25, 0.3) is 5.91 Å². The van der Waals surface area contributed by atoms with Crippen LogP contribution in [0.15, 0.2) is 12.7 Å². The number of carbonyl (C=O) groups excluding carboxylic acids is 1. The number of amides is 1. The Bertz CT molecular complexity index is 258. The van der Waals surface area contributed by atoms with Crippen molar-refractivity contribution in [2.24, 2.45) is 0 Å². The lowest BCUT2D eigenvalue weighted by atomic mass is 10.5. The summed E-state index contributed by atoms with van der Waals surface area (Å²) in [6.07, 6.45) is 1.56. The first-order chi connectivity index (χ1) is 5.52. The molecule has 0 unspecified atom stereocenters. The fourth-order valence-corrected chi connectivity index (χ4v) is 1.34. The highest BCUT2D eigenvalue weighted by atomic mass is 32.2. The van der Waals surface area contributed by atoms with E-state index in [1.165, 1.54) is 0 Å². The molecule has 0 saturated heterocycles. The van der Waals surface area contributed by atoms with Crippen LogP contribution in [0.2, 0.25) is 0 Å². The number of rotatable bonds is 5. The lowest BCUT2D eigenvalue weighted by Crippen LogP contribution is -2.39. The molecule has 0 spiro atoms. The molecule has 0 aromatic carbocycles. The number of nitrogens with one attached hydrogen (secondary N) is 2. The molecule has 12 heavy (non-hydrogen) atoms. The summed E-state index contributed by atoms with van der Waals surface area (Å²) in [6.45, 7) is 5.24. The average molecular weight is 192 g/mol. The van der Waals surface area contributed by atoms with Crippen LogP contribution in [0, 0.1) is 0 Å². The van der Waals surface area contributed by atoms with Gasteiger partial charge < -0.3 is 0 Å². The van der Waals surface area contributed by atoms with Crippen LogP contribution in [0.5, 0.6) is 0 Å². The summed E-state index contributed by atoms with van der Waals surface area (Å²) >= 11 is 0. The molecule has 6 heteroatoms. The van der Waals surface area contributed by atoms with Crippen molar-refractivity contribution >= 4 is 16.1 Å². The van der Waals surface area contributed by atoms with Crippen molar-refractivity contribution in [3.63, 3.8) is 0 Å². The van der Waals surface area contributed by atoms with Gasteiger partial charge in [-0.15, -0.1) is 0 Å². The molecule has 0 atom stereocenters. The van der Waals surface area contributed by atoms with Gasteiger partial charge in [-0.3, -0.25) is 4.79 Å². The molecule has 0 aromatic rings. The molecular formula is C6H12N2O3S. The van der Waals surface area contributed by atoms with Gasteiger partial charge in [0.1, 0.15) is 0 Å². The average Bonchev–Trinajstić information content (AvgIpc) is 2.00. The van der Waals surface area contributed by atoms with Crippen LogP contribution in [0.25, 0.3) is 0 Å². The normalized spacial score (nSPS) is 10.8. The van der Waals surface area contributed by atoms with E-state index in [-0.39, 0.29) is 0 Å². The fourth-order valence-electron chi connectivity index (χ4n) is 0.447. The smallest absolute Gasteiger partial charge is 0.269 e. The second kappa shape index (κ2) is 4.89. The highest BCUT2D eigenvalue weighted by molar-refractivity contribution is 7.88. The molecular weight excluding hydrogens is 180 g/mol. The molecule has 0 heterocycles. The Kier molecular flexibility index (Phi) is 4.53. The summed E-state index contributed by atoms with van der Waals surface area (Å²) in [5, 5.41) is 0. The van der Waals surface area contributed by atoms with Crippen molar-refractivity contribution in [1.82, 2.24) is 9.44 Å². The zero-order chi connectivity index (χ0) is 9.61. The van der Waals surface area contributed by atoms with Gasteiger partial charge in [-0.25, -0.2) is 4.72 Å². The topological polar surface area (TPSA) is 75.3 Å². The zero-order valence-electron chi connectivity index (χ0n) is 6.83. The summed E-state index contributed by atoms with van der Waals surface area (Å²) in [5.41, 5.74) is 0. The van der Waals surface area contributed by atoms with E-state index in [0.717, 1.165) is 6.08 Å². The maximum absolute atomic E-state index is 10.9. The van der Waals surface area contributed by atoms with Crippen LogP contribution >= 0.6 is 0 Å². The first-order valence-electron chi connectivity index (χ1n) is 3.45. The predicted octanol–water partition coefficient (Wildman–Crippen LogP) is -0.467. The summed E-state index contributed by atoms with van der Waals surface area (Å²) < 4.78 is 25.6. The van der Waals surface area contributed by atoms with Gasteiger partial charge in [0, 0.05) is 6.54 Å². The van der Waals surface area contributed by atoms with Gasteiger partial charge in [-0.2, -0.15) is 13.1 Å². The van der Waals surface area contributed by atoms with E-state index in [9.17, 15) is 13.2 Å². The summed E-state index contributed by atoms with van der Waals surface area (Å²) in [6, 6.07) is 0. The Morgan fingerprint density at radius 3 is 2.58 bits per heavy atom. The highest BCUT2D eigenvalue weighted by Crippen LogP contribution is 1.79. The van der Waals surface area contributed by atoms with Gasteiger partial charge in [0.05, 0.1) is 0 Å². The molecule has 0 radical (unpaired) electrons. The predicted molar refractivity (Wildman–Crippen MR) is 45.6 cm³/mol. The van der Waals surface area contributed by atoms with Crippen LogP contribution < -0.4 is 9.44 Å². The Morgan fingerprint density at radius 1 is 1.58 bits per heavy atom. The van der Waals surface area contributed by atoms with Gasteiger partial charge in [0.2, 0.25) is 0 Å². The molecule has 0 aliphatic rings. The number of hydrogen-bond donors (Lipinski definition) is 2. The van der Waals surface area contributed by atoms with E-state index in [1.54, 1.807) is 4.72 Å². The molecule has 0 aromatic heterocycles. The van der Waals surface area contributed by atoms with Crippen LogP contribution in [0.1, 0.15) is 13.3 Å². The van der Waals surface area contributed by atoms with E-state index in [0.29, 0.717) is 13.0 Å².